The summed E-state index contributed by atoms with van der Waals surface area (Å²) in [6.45, 7) is 0. The zero-order valence-corrected chi connectivity index (χ0v) is 9.60. The molecule has 0 aliphatic carbocycles. The Balaban J connectivity index is 2.31. The van der Waals surface area contributed by atoms with Crippen LogP contribution < -0.4 is 5.73 Å². The Bertz CT molecular complexity index is 521. The van der Waals surface area contributed by atoms with Crippen molar-refractivity contribution < 1.29 is 4.39 Å². The number of rotatable bonds is 2. The van der Waals surface area contributed by atoms with Gasteiger partial charge in [0.2, 0.25) is 0 Å². The molecule has 16 heavy (non-hydrogen) atoms. The van der Waals surface area contributed by atoms with E-state index in [1.165, 1.54) is 30.2 Å². The molecular weight excluding hydrogens is 249 g/mol. The van der Waals surface area contributed by atoms with Crippen LogP contribution in [-0.2, 0) is 0 Å². The second-order valence-electron chi connectivity index (χ2n) is 2.94. The van der Waals surface area contributed by atoms with E-state index in [1.807, 2.05) is 0 Å². The summed E-state index contributed by atoms with van der Waals surface area (Å²) in [7, 11) is 0. The van der Waals surface area contributed by atoms with E-state index in [2.05, 4.69) is 9.97 Å². The van der Waals surface area contributed by atoms with Crippen LogP contribution in [-0.4, -0.2) is 9.97 Å². The fourth-order valence-electron chi connectivity index (χ4n) is 1.08. The Morgan fingerprint density at radius 2 is 2.12 bits per heavy atom. The Morgan fingerprint density at radius 1 is 1.31 bits per heavy atom. The molecule has 2 aromatic rings. The third kappa shape index (κ3) is 2.43. The number of halogens is 2. The lowest BCUT2D eigenvalue weighted by atomic mass is 10.4. The smallest absolute Gasteiger partial charge is 0.156 e. The predicted octanol–water partition coefficient (Wildman–Crippen LogP) is 3.00. The molecule has 0 aliphatic heterocycles. The van der Waals surface area contributed by atoms with Crippen molar-refractivity contribution in [2.24, 2.45) is 0 Å². The Morgan fingerprint density at radius 3 is 2.88 bits per heavy atom. The monoisotopic (exact) mass is 255 g/mol. The molecule has 2 rings (SSSR count). The highest BCUT2D eigenvalue weighted by Crippen LogP contribution is 2.32. The van der Waals surface area contributed by atoms with Crippen molar-refractivity contribution in [2.75, 3.05) is 5.73 Å². The molecule has 0 radical (unpaired) electrons. The first-order valence-electron chi connectivity index (χ1n) is 4.36. The second kappa shape index (κ2) is 4.67. The molecule has 1 aromatic carbocycles. The van der Waals surface area contributed by atoms with Gasteiger partial charge in [-0.25, -0.2) is 14.4 Å². The van der Waals surface area contributed by atoms with Gasteiger partial charge in [-0.2, -0.15) is 0 Å². The maximum atomic E-state index is 12.9. The van der Waals surface area contributed by atoms with Gasteiger partial charge in [-0.1, -0.05) is 29.4 Å². The van der Waals surface area contributed by atoms with Crippen LogP contribution in [0, 0.1) is 5.82 Å². The van der Waals surface area contributed by atoms with Gasteiger partial charge >= 0.3 is 0 Å². The molecule has 0 saturated heterocycles. The van der Waals surface area contributed by atoms with Gasteiger partial charge in [-0.05, 0) is 18.2 Å². The third-order valence-electron chi connectivity index (χ3n) is 1.81. The predicted molar refractivity (Wildman–Crippen MR) is 62.0 cm³/mol. The fourth-order valence-corrected chi connectivity index (χ4v) is 2.12. The molecule has 0 aliphatic rings. The molecule has 0 amide bonds. The minimum Gasteiger partial charge on any atom is -0.394 e. The highest BCUT2D eigenvalue weighted by atomic mass is 35.5. The van der Waals surface area contributed by atoms with E-state index in [4.69, 9.17) is 17.3 Å². The first-order valence-corrected chi connectivity index (χ1v) is 5.55. The number of anilines is 1. The highest BCUT2D eigenvalue weighted by Gasteiger charge is 2.07. The minimum atomic E-state index is -0.302. The van der Waals surface area contributed by atoms with E-state index in [1.54, 1.807) is 12.1 Å². The molecule has 0 atom stereocenters. The SMILES string of the molecule is Nc1c(Cl)ncnc1Sc1cccc(F)c1. The number of benzene rings is 1. The normalized spacial score (nSPS) is 10.4. The molecule has 0 unspecified atom stereocenters. The van der Waals surface area contributed by atoms with Gasteiger partial charge in [0.25, 0.3) is 0 Å². The van der Waals surface area contributed by atoms with E-state index in [0.717, 1.165) is 0 Å². The largest absolute Gasteiger partial charge is 0.394 e. The third-order valence-corrected chi connectivity index (χ3v) is 3.12. The van der Waals surface area contributed by atoms with Gasteiger partial charge in [-0.15, -0.1) is 0 Å². The molecular formula is C10H7ClFN3S. The molecule has 82 valence electrons. The van der Waals surface area contributed by atoms with E-state index in [9.17, 15) is 4.39 Å². The number of nitrogens with two attached hydrogens (primary N) is 1. The molecule has 0 bridgehead atoms. The minimum absolute atomic E-state index is 0.203. The van der Waals surface area contributed by atoms with Crippen LogP contribution in [0.2, 0.25) is 5.15 Å². The van der Waals surface area contributed by atoms with Crippen molar-refractivity contribution in [1.82, 2.24) is 9.97 Å². The lowest BCUT2D eigenvalue weighted by molar-refractivity contribution is 0.624. The van der Waals surface area contributed by atoms with Crippen LogP contribution in [0.5, 0.6) is 0 Å². The first-order chi connectivity index (χ1) is 7.66. The molecule has 2 N–H and O–H groups in total. The summed E-state index contributed by atoms with van der Waals surface area (Å²) in [4.78, 5) is 8.43. The molecule has 6 heteroatoms. The topological polar surface area (TPSA) is 51.8 Å². The maximum absolute atomic E-state index is 12.9. The average Bonchev–Trinajstić information content (AvgIpc) is 2.25. The lowest BCUT2D eigenvalue weighted by Crippen LogP contribution is -1.94. The van der Waals surface area contributed by atoms with Crippen LogP contribution in [0.4, 0.5) is 10.1 Å². The van der Waals surface area contributed by atoms with Crippen molar-refractivity contribution >= 4 is 29.1 Å². The van der Waals surface area contributed by atoms with Crippen molar-refractivity contribution in [3.8, 4) is 0 Å². The van der Waals surface area contributed by atoms with Gasteiger partial charge < -0.3 is 5.73 Å². The van der Waals surface area contributed by atoms with Gasteiger partial charge in [0.05, 0.1) is 0 Å². The van der Waals surface area contributed by atoms with E-state index in [-0.39, 0.29) is 11.0 Å². The Hall–Kier alpha value is -1.33. The van der Waals surface area contributed by atoms with Crippen LogP contribution >= 0.6 is 23.4 Å². The van der Waals surface area contributed by atoms with Crippen molar-refractivity contribution in [3.05, 3.63) is 41.6 Å². The van der Waals surface area contributed by atoms with Crippen molar-refractivity contribution in [2.45, 2.75) is 9.92 Å². The van der Waals surface area contributed by atoms with Crippen molar-refractivity contribution in [3.63, 3.8) is 0 Å². The number of nitrogens with zero attached hydrogens (tertiary/aromatic N) is 2. The zero-order valence-electron chi connectivity index (χ0n) is 8.02. The fraction of sp³-hybridized carbons (Fsp3) is 0. The van der Waals surface area contributed by atoms with Crippen LogP contribution in [0.15, 0.2) is 40.5 Å². The van der Waals surface area contributed by atoms with E-state index < -0.39 is 0 Å². The summed E-state index contributed by atoms with van der Waals surface area (Å²) in [6.07, 6.45) is 1.32. The van der Waals surface area contributed by atoms with Gasteiger partial charge in [-0.3, -0.25) is 0 Å². The molecule has 0 spiro atoms. The molecule has 0 fully saturated rings. The average molecular weight is 256 g/mol. The summed E-state index contributed by atoms with van der Waals surface area (Å²) < 4.78 is 12.9. The zero-order chi connectivity index (χ0) is 11.5. The lowest BCUT2D eigenvalue weighted by Gasteiger charge is -2.04. The number of nitrogen functional groups attached to an aromatic ring is 1. The number of aromatic nitrogens is 2. The standard InChI is InChI=1S/C10H7ClFN3S/c11-9-8(13)10(15-5-14-9)16-7-3-1-2-6(12)4-7/h1-5H,13H2. The summed E-state index contributed by atoms with van der Waals surface area (Å²) in [6, 6.07) is 6.17. The summed E-state index contributed by atoms with van der Waals surface area (Å²) >= 11 is 6.99. The number of hydrogen-bond acceptors (Lipinski definition) is 4. The van der Waals surface area contributed by atoms with Crippen LogP contribution in [0.1, 0.15) is 0 Å². The summed E-state index contributed by atoms with van der Waals surface area (Å²) in [5.41, 5.74) is 6.00. The molecule has 1 aromatic heterocycles. The molecule has 3 nitrogen and oxygen atoms in total. The van der Waals surface area contributed by atoms with Gasteiger partial charge in [0, 0.05) is 4.90 Å². The second-order valence-corrected chi connectivity index (χ2v) is 4.36. The van der Waals surface area contributed by atoms with Crippen LogP contribution in [0.3, 0.4) is 0 Å². The quantitative estimate of drug-likeness (QED) is 0.838. The van der Waals surface area contributed by atoms with E-state index >= 15 is 0 Å². The van der Waals surface area contributed by atoms with Crippen LogP contribution in [0.25, 0.3) is 0 Å². The van der Waals surface area contributed by atoms with Crippen molar-refractivity contribution in [1.29, 1.82) is 0 Å². The number of hydrogen-bond donors (Lipinski definition) is 1. The Kier molecular flexibility index (Phi) is 3.26. The first kappa shape index (κ1) is 11.2. The molecule has 1 heterocycles. The van der Waals surface area contributed by atoms with Gasteiger partial charge in [0.15, 0.2) is 5.15 Å². The summed E-state index contributed by atoms with van der Waals surface area (Å²) in [5, 5.41) is 0.722. The molecule has 0 saturated carbocycles. The Labute approximate surface area is 101 Å². The highest BCUT2D eigenvalue weighted by molar-refractivity contribution is 7.99. The van der Waals surface area contributed by atoms with E-state index in [0.29, 0.717) is 15.6 Å². The maximum Gasteiger partial charge on any atom is 0.156 e. The van der Waals surface area contributed by atoms with Gasteiger partial charge in [0.1, 0.15) is 22.9 Å². The summed E-state index contributed by atoms with van der Waals surface area (Å²) in [5.74, 6) is -0.302.